The monoisotopic (exact) mass is 305 g/mol. The highest BCUT2D eigenvalue weighted by atomic mass is 16.2. The molecule has 0 radical (unpaired) electrons. The van der Waals surface area contributed by atoms with Crippen molar-refractivity contribution >= 4 is 17.6 Å². The molecule has 122 valence electrons. The predicted octanol–water partition coefficient (Wildman–Crippen LogP) is 2.90. The first kappa shape index (κ1) is 18.0. The van der Waals surface area contributed by atoms with Crippen molar-refractivity contribution in [2.75, 3.05) is 18.4 Å². The van der Waals surface area contributed by atoms with Gasteiger partial charge in [0.25, 0.3) is 0 Å². The number of hydrogen-bond donors (Lipinski definition) is 3. The molecule has 1 aromatic carbocycles. The van der Waals surface area contributed by atoms with E-state index in [1.54, 1.807) is 0 Å². The number of aryl methyl sites for hydroxylation is 3. The smallest absolute Gasteiger partial charge is 0.315 e. The van der Waals surface area contributed by atoms with Gasteiger partial charge in [0.15, 0.2) is 0 Å². The molecule has 0 heterocycles. The molecule has 22 heavy (non-hydrogen) atoms. The van der Waals surface area contributed by atoms with Crippen molar-refractivity contribution in [1.82, 2.24) is 10.6 Å². The van der Waals surface area contributed by atoms with Gasteiger partial charge in [-0.15, -0.1) is 0 Å². The molecular weight excluding hydrogens is 278 g/mol. The van der Waals surface area contributed by atoms with Crippen molar-refractivity contribution < 1.29 is 9.59 Å². The van der Waals surface area contributed by atoms with Gasteiger partial charge in [-0.3, -0.25) is 4.79 Å². The number of amides is 3. The minimum atomic E-state index is -0.312. The third kappa shape index (κ3) is 6.16. The molecule has 0 aromatic heterocycles. The Hall–Kier alpha value is -2.04. The van der Waals surface area contributed by atoms with Crippen molar-refractivity contribution in [3.63, 3.8) is 0 Å². The molecule has 1 rings (SSSR count). The average Bonchev–Trinajstić information content (AvgIpc) is 2.40. The fourth-order valence-corrected chi connectivity index (χ4v) is 2.26. The van der Waals surface area contributed by atoms with Crippen molar-refractivity contribution in [2.45, 2.75) is 41.0 Å². The number of anilines is 1. The van der Waals surface area contributed by atoms with E-state index in [0.29, 0.717) is 12.5 Å². The SMILES string of the molecule is Cc1cc(C)c(NC(=O)CNC(=O)NCCC(C)C)c(C)c1. The third-order valence-electron chi connectivity index (χ3n) is 3.36. The van der Waals surface area contributed by atoms with Crippen molar-refractivity contribution in [2.24, 2.45) is 5.92 Å². The number of rotatable bonds is 6. The van der Waals surface area contributed by atoms with Gasteiger partial charge < -0.3 is 16.0 Å². The Bertz CT molecular complexity index is 516. The van der Waals surface area contributed by atoms with Crippen LogP contribution in [0.2, 0.25) is 0 Å². The van der Waals surface area contributed by atoms with Crippen LogP contribution in [0.3, 0.4) is 0 Å². The van der Waals surface area contributed by atoms with E-state index in [9.17, 15) is 9.59 Å². The zero-order valence-electron chi connectivity index (χ0n) is 14.2. The fraction of sp³-hybridized carbons (Fsp3) is 0.529. The van der Waals surface area contributed by atoms with Crippen LogP contribution in [-0.4, -0.2) is 25.0 Å². The summed E-state index contributed by atoms with van der Waals surface area (Å²) in [6.07, 6.45) is 0.918. The van der Waals surface area contributed by atoms with Gasteiger partial charge in [-0.1, -0.05) is 31.5 Å². The fourth-order valence-electron chi connectivity index (χ4n) is 2.26. The average molecular weight is 305 g/mol. The summed E-state index contributed by atoms with van der Waals surface area (Å²) in [6.45, 7) is 10.7. The first-order chi connectivity index (χ1) is 10.3. The molecule has 1 aromatic rings. The van der Waals surface area contributed by atoms with Gasteiger partial charge in [-0.05, 0) is 44.2 Å². The molecule has 0 fully saturated rings. The van der Waals surface area contributed by atoms with E-state index in [4.69, 9.17) is 0 Å². The molecule has 0 saturated heterocycles. The molecule has 0 atom stereocenters. The van der Waals surface area contributed by atoms with Gasteiger partial charge in [0.2, 0.25) is 5.91 Å². The van der Waals surface area contributed by atoms with E-state index in [1.807, 2.05) is 32.9 Å². The highest BCUT2D eigenvalue weighted by Crippen LogP contribution is 2.21. The zero-order chi connectivity index (χ0) is 16.7. The molecule has 0 aliphatic carbocycles. The van der Waals surface area contributed by atoms with Gasteiger partial charge in [-0.25, -0.2) is 4.79 Å². The second-order valence-corrected chi connectivity index (χ2v) is 6.11. The minimum Gasteiger partial charge on any atom is -0.338 e. The molecule has 3 N–H and O–H groups in total. The molecule has 0 bridgehead atoms. The summed E-state index contributed by atoms with van der Waals surface area (Å²) in [6, 6.07) is 3.73. The number of carbonyl (C=O) groups excluding carboxylic acids is 2. The second kappa shape index (κ2) is 8.41. The number of hydrogen-bond acceptors (Lipinski definition) is 2. The summed E-state index contributed by atoms with van der Waals surface area (Å²) in [4.78, 5) is 23.5. The van der Waals surface area contributed by atoms with Crippen LogP contribution in [-0.2, 0) is 4.79 Å². The van der Waals surface area contributed by atoms with E-state index in [1.165, 1.54) is 0 Å². The Balaban J connectivity index is 2.42. The maximum atomic E-state index is 11.9. The van der Waals surface area contributed by atoms with Crippen LogP contribution >= 0.6 is 0 Å². The number of urea groups is 1. The quantitative estimate of drug-likeness (QED) is 0.756. The van der Waals surface area contributed by atoms with Crippen molar-refractivity contribution in [3.8, 4) is 0 Å². The maximum Gasteiger partial charge on any atom is 0.315 e. The van der Waals surface area contributed by atoms with Gasteiger partial charge in [0.1, 0.15) is 0 Å². The van der Waals surface area contributed by atoms with Gasteiger partial charge in [0, 0.05) is 12.2 Å². The molecule has 0 saturated carbocycles. The van der Waals surface area contributed by atoms with Crippen LogP contribution in [0.25, 0.3) is 0 Å². The summed E-state index contributed by atoms with van der Waals surface area (Å²) in [5.41, 5.74) is 4.02. The van der Waals surface area contributed by atoms with Crippen LogP contribution < -0.4 is 16.0 Å². The van der Waals surface area contributed by atoms with Crippen LogP contribution in [0.1, 0.15) is 37.0 Å². The Labute approximate surface area is 132 Å². The first-order valence-corrected chi connectivity index (χ1v) is 7.69. The Morgan fingerprint density at radius 2 is 1.64 bits per heavy atom. The van der Waals surface area contributed by atoms with Crippen molar-refractivity contribution in [3.05, 3.63) is 28.8 Å². The number of nitrogens with one attached hydrogen (secondary N) is 3. The van der Waals surface area contributed by atoms with Gasteiger partial charge in [-0.2, -0.15) is 0 Å². The normalized spacial score (nSPS) is 10.5. The molecule has 5 heteroatoms. The highest BCUT2D eigenvalue weighted by Gasteiger charge is 2.09. The van der Waals surface area contributed by atoms with E-state index in [0.717, 1.165) is 28.8 Å². The highest BCUT2D eigenvalue weighted by molar-refractivity contribution is 5.95. The maximum absolute atomic E-state index is 11.9. The molecular formula is C17H27N3O2. The molecule has 0 unspecified atom stereocenters. The molecule has 5 nitrogen and oxygen atoms in total. The number of carbonyl (C=O) groups is 2. The Morgan fingerprint density at radius 3 is 2.18 bits per heavy atom. The van der Waals surface area contributed by atoms with E-state index in [-0.39, 0.29) is 18.5 Å². The lowest BCUT2D eigenvalue weighted by Gasteiger charge is -2.13. The topological polar surface area (TPSA) is 70.2 Å². The summed E-state index contributed by atoms with van der Waals surface area (Å²) in [5, 5.41) is 8.15. The lowest BCUT2D eigenvalue weighted by Crippen LogP contribution is -2.40. The van der Waals surface area contributed by atoms with E-state index in [2.05, 4.69) is 29.8 Å². The molecule has 0 aliphatic heterocycles. The van der Waals surface area contributed by atoms with E-state index >= 15 is 0 Å². The summed E-state index contributed by atoms with van der Waals surface area (Å²) in [5.74, 6) is 0.310. The van der Waals surface area contributed by atoms with Gasteiger partial charge in [0.05, 0.1) is 6.54 Å². The standard InChI is InChI=1S/C17H27N3O2/c1-11(2)6-7-18-17(22)19-10-15(21)20-16-13(4)8-12(3)9-14(16)5/h8-9,11H,6-7,10H2,1-5H3,(H,20,21)(H2,18,19,22). The Morgan fingerprint density at radius 1 is 1.05 bits per heavy atom. The first-order valence-electron chi connectivity index (χ1n) is 7.69. The van der Waals surface area contributed by atoms with Crippen LogP contribution in [0.4, 0.5) is 10.5 Å². The lowest BCUT2D eigenvalue weighted by atomic mass is 10.1. The summed E-state index contributed by atoms with van der Waals surface area (Å²) in [7, 11) is 0. The Kier molecular flexibility index (Phi) is 6.89. The van der Waals surface area contributed by atoms with Crippen molar-refractivity contribution in [1.29, 1.82) is 0 Å². The molecule has 0 aliphatic rings. The number of benzene rings is 1. The summed E-state index contributed by atoms with van der Waals surface area (Å²) < 4.78 is 0. The third-order valence-corrected chi connectivity index (χ3v) is 3.36. The minimum absolute atomic E-state index is 0.0414. The lowest BCUT2D eigenvalue weighted by molar-refractivity contribution is -0.115. The second-order valence-electron chi connectivity index (χ2n) is 6.11. The van der Waals surface area contributed by atoms with E-state index < -0.39 is 0 Å². The predicted molar refractivity (Wildman–Crippen MR) is 90.1 cm³/mol. The van der Waals surface area contributed by atoms with Crippen LogP contribution in [0, 0.1) is 26.7 Å². The zero-order valence-corrected chi connectivity index (χ0v) is 14.2. The molecule has 3 amide bonds. The largest absolute Gasteiger partial charge is 0.338 e. The van der Waals surface area contributed by atoms with Crippen LogP contribution in [0.15, 0.2) is 12.1 Å². The molecule has 0 spiro atoms. The van der Waals surface area contributed by atoms with Gasteiger partial charge >= 0.3 is 6.03 Å². The van der Waals surface area contributed by atoms with Crippen LogP contribution in [0.5, 0.6) is 0 Å². The summed E-state index contributed by atoms with van der Waals surface area (Å²) >= 11 is 0.